The number of aliphatic hydroxyl groups excluding tert-OH is 1. The molecule has 0 aliphatic heterocycles. The van der Waals surface area contributed by atoms with Gasteiger partial charge in [0.15, 0.2) is 0 Å². The molecule has 0 saturated carbocycles. The molecule has 0 unspecified atom stereocenters. The second-order valence-corrected chi connectivity index (χ2v) is 9.63. The maximum atomic E-state index is 8.95. The molecule has 1 aliphatic carbocycles. The van der Waals surface area contributed by atoms with E-state index in [1.165, 1.54) is 36.0 Å². The van der Waals surface area contributed by atoms with E-state index in [1.807, 2.05) is 0 Å². The number of aromatic nitrogens is 1. The van der Waals surface area contributed by atoms with Gasteiger partial charge in [0.1, 0.15) is 5.82 Å². The summed E-state index contributed by atoms with van der Waals surface area (Å²) in [7, 11) is 2.14. The lowest BCUT2D eigenvalue weighted by molar-refractivity contribution is 0.262. The van der Waals surface area contributed by atoms with Gasteiger partial charge in [-0.3, -0.25) is 0 Å². The lowest BCUT2D eigenvalue weighted by atomic mass is 9.72. The molecule has 1 aliphatic rings. The number of nitrogens with zero attached hydrogens (tertiary/aromatic N) is 3. The first-order valence-electron chi connectivity index (χ1n) is 12.1. The van der Waals surface area contributed by atoms with Crippen molar-refractivity contribution in [2.24, 2.45) is 0 Å². The van der Waals surface area contributed by atoms with Gasteiger partial charge in [0.25, 0.3) is 0 Å². The molecule has 31 heavy (non-hydrogen) atoms. The number of aliphatic hydroxyl groups is 1. The summed E-state index contributed by atoms with van der Waals surface area (Å²) in [6.45, 7) is 11.4. The van der Waals surface area contributed by atoms with Gasteiger partial charge in [-0.15, -0.1) is 0 Å². The number of rotatable bonds is 11. The molecule has 1 heterocycles. The number of hydrogen-bond acceptors (Lipinski definition) is 4. The molecule has 0 bridgehead atoms. The van der Waals surface area contributed by atoms with Crippen LogP contribution in [0.15, 0.2) is 36.4 Å². The predicted octanol–water partition coefficient (Wildman–Crippen LogP) is 5.28. The fourth-order valence-corrected chi connectivity index (χ4v) is 4.73. The van der Waals surface area contributed by atoms with Crippen molar-refractivity contribution >= 4 is 5.82 Å². The first-order chi connectivity index (χ1) is 14.9. The summed E-state index contributed by atoms with van der Waals surface area (Å²) in [6, 6.07) is 13.3. The summed E-state index contributed by atoms with van der Waals surface area (Å²) in [5.74, 6) is 1.03. The van der Waals surface area contributed by atoms with Gasteiger partial charge in [0, 0.05) is 32.3 Å². The van der Waals surface area contributed by atoms with E-state index in [0.717, 1.165) is 57.0 Å². The maximum Gasteiger partial charge on any atom is 0.129 e. The van der Waals surface area contributed by atoms with Crippen LogP contribution in [0.3, 0.4) is 0 Å². The summed E-state index contributed by atoms with van der Waals surface area (Å²) < 4.78 is 0. The Labute approximate surface area is 189 Å². The van der Waals surface area contributed by atoms with Crippen molar-refractivity contribution in [3.8, 4) is 11.3 Å². The molecule has 4 nitrogen and oxygen atoms in total. The molecule has 2 aromatic rings. The highest BCUT2D eigenvalue weighted by molar-refractivity contribution is 5.64. The van der Waals surface area contributed by atoms with E-state index in [9.17, 15) is 0 Å². The summed E-state index contributed by atoms with van der Waals surface area (Å²) >= 11 is 0. The molecule has 0 radical (unpaired) electrons. The normalized spacial score (nSPS) is 15.2. The van der Waals surface area contributed by atoms with Crippen molar-refractivity contribution < 1.29 is 5.11 Å². The Kier molecular flexibility index (Phi) is 8.50. The SMILES string of the molecule is CCN(CCCCCO)CCN(C)c1cccc(-c2ccc3c(c2)CCCC3(C)C)n1. The minimum Gasteiger partial charge on any atom is -0.396 e. The van der Waals surface area contributed by atoms with Gasteiger partial charge in [-0.25, -0.2) is 4.98 Å². The van der Waals surface area contributed by atoms with Gasteiger partial charge < -0.3 is 14.9 Å². The van der Waals surface area contributed by atoms with Crippen LogP contribution in [0.1, 0.15) is 64.0 Å². The van der Waals surface area contributed by atoms with E-state index in [-0.39, 0.29) is 5.41 Å². The van der Waals surface area contributed by atoms with Gasteiger partial charge in [-0.1, -0.05) is 39.0 Å². The van der Waals surface area contributed by atoms with Gasteiger partial charge in [0.05, 0.1) is 5.69 Å². The van der Waals surface area contributed by atoms with Gasteiger partial charge in [-0.2, -0.15) is 0 Å². The van der Waals surface area contributed by atoms with Crippen molar-refractivity contribution in [1.82, 2.24) is 9.88 Å². The Bertz CT molecular complexity index is 833. The Morgan fingerprint density at radius 3 is 2.65 bits per heavy atom. The molecule has 0 atom stereocenters. The number of likely N-dealkylation sites (N-methyl/N-ethyl adjacent to an activating group) is 2. The van der Waals surface area contributed by atoms with Crippen molar-refractivity contribution in [2.75, 3.05) is 44.7 Å². The van der Waals surface area contributed by atoms with Crippen LogP contribution < -0.4 is 4.90 Å². The highest BCUT2D eigenvalue weighted by Crippen LogP contribution is 2.38. The molecule has 0 fully saturated rings. The van der Waals surface area contributed by atoms with Crippen LogP contribution in [0.2, 0.25) is 0 Å². The van der Waals surface area contributed by atoms with Crippen molar-refractivity contribution in [3.05, 3.63) is 47.5 Å². The van der Waals surface area contributed by atoms with Crippen LogP contribution in [-0.2, 0) is 11.8 Å². The smallest absolute Gasteiger partial charge is 0.129 e. The molecule has 0 saturated heterocycles. The summed E-state index contributed by atoms with van der Waals surface area (Å²) in [4.78, 5) is 9.75. The highest BCUT2D eigenvalue weighted by Gasteiger charge is 2.27. The van der Waals surface area contributed by atoms with Crippen LogP contribution in [0, 0.1) is 0 Å². The average Bonchev–Trinajstić information content (AvgIpc) is 2.78. The highest BCUT2D eigenvalue weighted by atomic mass is 16.2. The largest absolute Gasteiger partial charge is 0.396 e. The third-order valence-corrected chi connectivity index (χ3v) is 6.83. The van der Waals surface area contributed by atoms with Crippen LogP contribution in [0.4, 0.5) is 5.82 Å². The Morgan fingerprint density at radius 1 is 1.03 bits per heavy atom. The van der Waals surface area contributed by atoms with Crippen molar-refractivity contribution in [3.63, 3.8) is 0 Å². The van der Waals surface area contributed by atoms with Crippen molar-refractivity contribution in [2.45, 2.75) is 64.7 Å². The van der Waals surface area contributed by atoms with Crippen LogP contribution in [0.25, 0.3) is 11.3 Å². The fourth-order valence-electron chi connectivity index (χ4n) is 4.73. The summed E-state index contributed by atoms with van der Waals surface area (Å²) in [5, 5.41) is 8.95. The zero-order valence-corrected chi connectivity index (χ0v) is 20.0. The van der Waals surface area contributed by atoms with E-state index in [0.29, 0.717) is 6.61 Å². The molecule has 1 aromatic carbocycles. The topological polar surface area (TPSA) is 39.6 Å². The monoisotopic (exact) mass is 423 g/mol. The van der Waals surface area contributed by atoms with E-state index >= 15 is 0 Å². The number of unbranched alkanes of at least 4 members (excludes halogenated alkanes) is 2. The molecule has 170 valence electrons. The lowest BCUT2D eigenvalue weighted by Gasteiger charge is -2.32. The zero-order valence-electron chi connectivity index (χ0n) is 20.0. The standard InChI is InChI=1S/C27H41N3O/c1-5-30(17-7-6-8-20-31)19-18-29(4)26-13-9-12-25(28-26)23-14-15-24-22(21-23)11-10-16-27(24,2)3/h9,12-15,21,31H,5-8,10-11,16-20H2,1-4H3. The number of hydrogen-bond donors (Lipinski definition) is 1. The molecule has 0 spiro atoms. The Balaban J connectivity index is 1.64. The third kappa shape index (κ3) is 6.30. The van der Waals surface area contributed by atoms with Crippen LogP contribution >= 0.6 is 0 Å². The second-order valence-electron chi connectivity index (χ2n) is 9.63. The average molecular weight is 424 g/mol. The fraction of sp³-hybridized carbons (Fsp3) is 0.593. The Morgan fingerprint density at radius 2 is 1.87 bits per heavy atom. The molecule has 1 N–H and O–H groups in total. The van der Waals surface area contributed by atoms with E-state index in [4.69, 9.17) is 10.1 Å². The number of pyridine rings is 1. The molecular weight excluding hydrogens is 382 g/mol. The maximum absolute atomic E-state index is 8.95. The molecular formula is C27H41N3O. The molecule has 0 amide bonds. The molecule has 1 aromatic heterocycles. The third-order valence-electron chi connectivity index (χ3n) is 6.83. The van der Waals surface area contributed by atoms with Gasteiger partial charge in [-0.05, 0) is 86.4 Å². The van der Waals surface area contributed by atoms with Crippen LogP contribution in [-0.4, -0.2) is 54.8 Å². The molecule has 3 rings (SSSR count). The quantitative estimate of drug-likeness (QED) is 0.499. The second kappa shape index (κ2) is 11.1. The number of fused-ring (bicyclic) bond motifs is 1. The Hall–Kier alpha value is -1.91. The van der Waals surface area contributed by atoms with Gasteiger partial charge >= 0.3 is 0 Å². The van der Waals surface area contributed by atoms with E-state index in [1.54, 1.807) is 0 Å². The number of anilines is 1. The minimum absolute atomic E-state index is 0.283. The van der Waals surface area contributed by atoms with E-state index < -0.39 is 0 Å². The van der Waals surface area contributed by atoms with E-state index in [2.05, 4.69) is 74.0 Å². The number of aryl methyl sites for hydroxylation is 1. The summed E-state index contributed by atoms with van der Waals surface area (Å²) in [6.07, 6.45) is 6.89. The first-order valence-corrected chi connectivity index (χ1v) is 12.1. The molecule has 4 heteroatoms. The van der Waals surface area contributed by atoms with Crippen LogP contribution in [0.5, 0.6) is 0 Å². The summed E-state index contributed by atoms with van der Waals surface area (Å²) in [5.41, 5.74) is 5.58. The van der Waals surface area contributed by atoms with Crippen molar-refractivity contribution in [1.29, 1.82) is 0 Å². The minimum atomic E-state index is 0.283. The number of benzene rings is 1. The first kappa shape index (κ1) is 23.7. The predicted molar refractivity (Wildman–Crippen MR) is 132 cm³/mol. The van der Waals surface area contributed by atoms with Gasteiger partial charge in [0.2, 0.25) is 0 Å². The zero-order chi connectivity index (χ0) is 22.3. The lowest BCUT2D eigenvalue weighted by Crippen LogP contribution is -2.34.